The van der Waals surface area contributed by atoms with Crippen molar-refractivity contribution in [2.75, 3.05) is 17.2 Å². The van der Waals surface area contributed by atoms with Crippen molar-refractivity contribution in [2.45, 2.75) is 38.3 Å². The summed E-state index contributed by atoms with van der Waals surface area (Å²) in [5.41, 5.74) is 3.89. The molecule has 0 atom stereocenters. The average Bonchev–Trinajstić information content (AvgIpc) is 2.63. The second-order valence-corrected chi connectivity index (χ2v) is 7.98. The summed E-state index contributed by atoms with van der Waals surface area (Å²) in [5.74, 6) is 0.441. The average molecular weight is 404 g/mol. The Morgan fingerprint density at radius 3 is 2.78 bits per heavy atom. The van der Waals surface area contributed by atoms with E-state index in [2.05, 4.69) is 10.3 Å². The first-order chi connectivity index (χ1) is 12.9. The number of halogens is 1. The van der Waals surface area contributed by atoms with E-state index in [1.165, 1.54) is 11.8 Å². The minimum Gasteiger partial charge on any atom is -0.352 e. The highest BCUT2D eigenvalue weighted by molar-refractivity contribution is 8.00. The van der Waals surface area contributed by atoms with Crippen molar-refractivity contribution in [3.8, 4) is 0 Å². The normalized spacial score (nSPS) is 13.4. The fourth-order valence-corrected chi connectivity index (χ4v) is 4.24. The summed E-state index contributed by atoms with van der Waals surface area (Å²) in [5, 5.41) is 4.48. The molecule has 0 saturated heterocycles. The number of hydrogen-bond acceptors (Lipinski definition) is 4. The Hall–Kier alpha value is -2.05. The monoisotopic (exact) mass is 403 g/mol. The number of nitrogens with zero attached hydrogens (tertiary/aromatic N) is 2. The van der Waals surface area contributed by atoms with E-state index in [-0.39, 0.29) is 11.8 Å². The van der Waals surface area contributed by atoms with Crippen LogP contribution in [0.2, 0.25) is 5.02 Å². The zero-order valence-electron chi connectivity index (χ0n) is 15.4. The third kappa shape index (κ3) is 5.02. The van der Waals surface area contributed by atoms with Gasteiger partial charge in [-0.1, -0.05) is 35.5 Å². The second kappa shape index (κ2) is 8.76. The molecule has 1 N–H and O–H groups in total. The van der Waals surface area contributed by atoms with Gasteiger partial charge in [-0.25, -0.2) is 4.98 Å². The van der Waals surface area contributed by atoms with Crippen LogP contribution in [0.1, 0.15) is 29.7 Å². The zero-order valence-corrected chi connectivity index (χ0v) is 17.0. The maximum Gasteiger partial charge on any atom is 0.237 e. The van der Waals surface area contributed by atoms with Crippen LogP contribution in [-0.4, -0.2) is 29.1 Å². The number of fused-ring (bicyclic) bond motifs is 1. The van der Waals surface area contributed by atoms with Gasteiger partial charge in [-0.15, -0.1) is 0 Å². The molecule has 2 amide bonds. The number of hydrogen-bond donors (Lipinski definition) is 1. The molecule has 7 heteroatoms. The van der Waals surface area contributed by atoms with Crippen molar-refractivity contribution in [1.82, 2.24) is 10.3 Å². The van der Waals surface area contributed by atoms with Crippen LogP contribution in [0.5, 0.6) is 0 Å². The number of benzene rings is 1. The molecule has 0 aliphatic carbocycles. The van der Waals surface area contributed by atoms with Gasteiger partial charge in [-0.3, -0.25) is 9.59 Å². The van der Waals surface area contributed by atoms with Gasteiger partial charge in [0.2, 0.25) is 11.8 Å². The van der Waals surface area contributed by atoms with Gasteiger partial charge >= 0.3 is 0 Å². The molecule has 0 radical (unpaired) electrons. The molecule has 2 heterocycles. The van der Waals surface area contributed by atoms with Gasteiger partial charge in [-0.2, -0.15) is 0 Å². The summed E-state index contributed by atoms with van der Waals surface area (Å²) in [7, 11) is 0. The first kappa shape index (κ1) is 19.7. The maximum atomic E-state index is 12.4. The topological polar surface area (TPSA) is 62.3 Å². The van der Waals surface area contributed by atoms with Crippen LogP contribution in [0.15, 0.2) is 35.4 Å². The molecular formula is C20H22ClN3O2S. The molecule has 0 spiro atoms. The molecule has 1 aliphatic rings. The van der Waals surface area contributed by atoms with E-state index in [1.807, 2.05) is 32.0 Å². The van der Waals surface area contributed by atoms with Gasteiger partial charge in [0.05, 0.1) is 11.4 Å². The predicted molar refractivity (Wildman–Crippen MR) is 109 cm³/mol. The molecule has 5 nitrogen and oxygen atoms in total. The second-order valence-electron chi connectivity index (χ2n) is 6.58. The van der Waals surface area contributed by atoms with Crippen molar-refractivity contribution in [3.63, 3.8) is 0 Å². The van der Waals surface area contributed by atoms with Crippen LogP contribution in [0.4, 0.5) is 5.69 Å². The smallest absolute Gasteiger partial charge is 0.237 e. The van der Waals surface area contributed by atoms with Crippen molar-refractivity contribution in [3.05, 3.63) is 52.2 Å². The quantitative estimate of drug-likeness (QED) is 0.794. The van der Waals surface area contributed by atoms with E-state index >= 15 is 0 Å². The number of nitrogens with one attached hydrogen (secondary N) is 1. The first-order valence-electron chi connectivity index (χ1n) is 8.86. The standard InChI is InChI=1S/C20H22ClN3O2S/c1-13-10-14(2)23-20-19(13)24(18(26)12-27-20)9-3-4-17(25)22-11-15-5-7-16(21)8-6-15/h5-8,10H,3-4,9,11-12H2,1-2H3,(H,22,25). The zero-order chi connectivity index (χ0) is 19.4. The van der Waals surface area contributed by atoms with E-state index in [9.17, 15) is 9.59 Å². The summed E-state index contributed by atoms with van der Waals surface area (Å²) in [4.78, 5) is 30.8. The molecule has 1 aromatic carbocycles. The van der Waals surface area contributed by atoms with Gasteiger partial charge in [0, 0.05) is 30.2 Å². The van der Waals surface area contributed by atoms with Gasteiger partial charge in [-0.05, 0) is 49.6 Å². The molecule has 27 heavy (non-hydrogen) atoms. The Bertz CT molecular complexity index is 855. The predicted octanol–water partition coefficient (Wildman–Crippen LogP) is 3.89. The molecular weight excluding hydrogens is 382 g/mol. The van der Waals surface area contributed by atoms with E-state index in [0.29, 0.717) is 36.7 Å². The van der Waals surface area contributed by atoms with E-state index in [4.69, 9.17) is 11.6 Å². The SMILES string of the molecule is Cc1cc(C)c2c(n1)SCC(=O)N2CCCC(=O)NCc1ccc(Cl)cc1. The highest BCUT2D eigenvalue weighted by atomic mass is 35.5. The lowest BCUT2D eigenvalue weighted by Crippen LogP contribution is -2.37. The van der Waals surface area contributed by atoms with E-state index < -0.39 is 0 Å². The highest BCUT2D eigenvalue weighted by Gasteiger charge is 2.27. The molecule has 0 unspecified atom stereocenters. The summed E-state index contributed by atoms with van der Waals surface area (Å²) in [6.45, 7) is 4.95. The number of aryl methyl sites for hydroxylation is 2. The Balaban J connectivity index is 1.53. The summed E-state index contributed by atoms with van der Waals surface area (Å²) in [6, 6.07) is 9.38. The first-order valence-corrected chi connectivity index (χ1v) is 10.2. The fourth-order valence-electron chi connectivity index (χ4n) is 3.08. The number of carbonyl (C=O) groups is 2. The molecule has 0 bridgehead atoms. The molecule has 2 aromatic rings. The molecule has 3 rings (SSSR count). The Labute approximate surface area is 168 Å². The number of pyridine rings is 1. The van der Waals surface area contributed by atoms with Crippen LogP contribution >= 0.6 is 23.4 Å². The summed E-state index contributed by atoms with van der Waals surface area (Å²) in [6.07, 6.45) is 0.980. The minimum atomic E-state index is -0.0252. The molecule has 1 aromatic heterocycles. The number of anilines is 1. The number of thioether (sulfide) groups is 1. The van der Waals surface area contributed by atoms with Crippen molar-refractivity contribution >= 4 is 40.9 Å². The highest BCUT2D eigenvalue weighted by Crippen LogP contribution is 2.36. The number of aromatic nitrogens is 1. The third-order valence-corrected chi connectivity index (χ3v) is 5.57. The lowest BCUT2D eigenvalue weighted by atomic mass is 10.1. The van der Waals surface area contributed by atoms with Crippen LogP contribution in [-0.2, 0) is 16.1 Å². The Kier molecular flexibility index (Phi) is 6.39. The Morgan fingerprint density at radius 2 is 2.04 bits per heavy atom. The summed E-state index contributed by atoms with van der Waals surface area (Å²) < 4.78 is 0. The lowest BCUT2D eigenvalue weighted by molar-refractivity contribution is -0.121. The number of rotatable bonds is 6. The fraction of sp³-hybridized carbons (Fsp3) is 0.350. The Morgan fingerprint density at radius 1 is 1.30 bits per heavy atom. The van der Waals surface area contributed by atoms with Crippen molar-refractivity contribution < 1.29 is 9.59 Å². The van der Waals surface area contributed by atoms with Gasteiger partial charge in [0.15, 0.2) is 0 Å². The molecule has 0 saturated carbocycles. The lowest BCUT2D eigenvalue weighted by Gasteiger charge is -2.30. The van der Waals surface area contributed by atoms with Crippen LogP contribution in [0, 0.1) is 13.8 Å². The molecule has 142 valence electrons. The van der Waals surface area contributed by atoms with Crippen LogP contribution in [0.3, 0.4) is 0 Å². The maximum absolute atomic E-state index is 12.4. The molecule has 0 fully saturated rings. The third-order valence-electron chi connectivity index (χ3n) is 4.37. The van der Waals surface area contributed by atoms with Gasteiger partial charge in [0.1, 0.15) is 5.03 Å². The summed E-state index contributed by atoms with van der Waals surface area (Å²) >= 11 is 7.34. The van der Waals surface area contributed by atoms with E-state index in [0.717, 1.165) is 27.5 Å². The van der Waals surface area contributed by atoms with Crippen molar-refractivity contribution in [1.29, 1.82) is 0 Å². The van der Waals surface area contributed by atoms with Gasteiger partial charge in [0.25, 0.3) is 0 Å². The van der Waals surface area contributed by atoms with Gasteiger partial charge < -0.3 is 10.2 Å². The largest absolute Gasteiger partial charge is 0.352 e. The number of amides is 2. The van der Waals surface area contributed by atoms with Crippen LogP contribution in [0.25, 0.3) is 0 Å². The van der Waals surface area contributed by atoms with Crippen molar-refractivity contribution in [2.24, 2.45) is 0 Å². The number of carbonyl (C=O) groups excluding carboxylic acids is 2. The van der Waals surface area contributed by atoms with E-state index in [1.54, 1.807) is 17.0 Å². The van der Waals surface area contributed by atoms with Crippen LogP contribution < -0.4 is 10.2 Å². The molecule has 1 aliphatic heterocycles. The minimum absolute atomic E-state index is 0.0252.